The zero-order chi connectivity index (χ0) is 9.59. The minimum atomic E-state index is -0.758. The van der Waals surface area contributed by atoms with Crippen molar-refractivity contribution in [3.05, 3.63) is 29.3 Å². The second-order valence-corrected chi connectivity index (χ2v) is 3.53. The summed E-state index contributed by atoms with van der Waals surface area (Å²) >= 11 is 0. The quantitative estimate of drug-likeness (QED) is 0.560. The molecule has 70 valence electrons. The van der Waals surface area contributed by atoms with Crippen LogP contribution in [0.1, 0.15) is 30.3 Å². The maximum absolute atomic E-state index is 9.68. The minimum absolute atomic E-state index is 0.0633. The Kier molecular flexibility index (Phi) is 1.78. The van der Waals surface area contributed by atoms with Crippen molar-refractivity contribution in [3.63, 3.8) is 0 Å². The summed E-state index contributed by atoms with van der Waals surface area (Å²) in [5.41, 5.74) is 1.11. The van der Waals surface area contributed by atoms with Crippen LogP contribution in [-0.4, -0.2) is 15.3 Å². The monoisotopic (exact) mass is 180 g/mol. The van der Waals surface area contributed by atoms with Crippen LogP contribution >= 0.6 is 0 Å². The van der Waals surface area contributed by atoms with E-state index in [1.807, 2.05) is 0 Å². The molecular weight excluding hydrogens is 168 g/mol. The first-order valence-corrected chi connectivity index (χ1v) is 4.31. The van der Waals surface area contributed by atoms with E-state index in [2.05, 4.69) is 0 Å². The van der Waals surface area contributed by atoms with E-state index in [9.17, 15) is 15.3 Å². The van der Waals surface area contributed by atoms with Gasteiger partial charge in [0, 0.05) is 11.5 Å². The Balaban J connectivity index is 2.60. The Bertz CT molecular complexity index is 335. The highest BCUT2D eigenvalue weighted by atomic mass is 16.3. The van der Waals surface area contributed by atoms with E-state index >= 15 is 0 Å². The number of hydrogen-bond acceptors (Lipinski definition) is 3. The van der Waals surface area contributed by atoms with Crippen molar-refractivity contribution in [1.82, 2.24) is 0 Å². The highest BCUT2D eigenvalue weighted by Crippen LogP contribution is 2.46. The molecule has 0 heterocycles. The summed E-state index contributed by atoms with van der Waals surface area (Å²) in [5, 5.41) is 28.8. The van der Waals surface area contributed by atoms with Crippen LogP contribution in [0.5, 0.6) is 5.75 Å². The molecule has 3 nitrogen and oxygen atoms in total. The van der Waals surface area contributed by atoms with Gasteiger partial charge in [-0.15, -0.1) is 0 Å². The summed E-state index contributed by atoms with van der Waals surface area (Å²) in [6, 6.07) is 4.92. The molecule has 0 saturated heterocycles. The molecule has 3 heteroatoms. The molecule has 1 aromatic rings. The predicted octanol–water partition coefficient (Wildman–Crippen LogP) is 1.11. The van der Waals surface area contributed by atoms with Crippen LogP contribution in [-0.2, 0) is 0 Å². The number of fused-ring (bicyclic) bond motifs is 1. The molecule has 0 saturated carbocycles. The summed E-state index contributed by atoms with van der Waals surface area (Å²) in [6.45, 7) is 1.76. The van der Waals surface area contributed by atoms with Crippen molar-refractivity contribution >= 4 is 0 Å². The molecule has 3 unspecified atom stereocenters. The van der Waals surface area contributed by atoms with E-state index < -0.39 is 12.2 Å². The van der Waals surface area contributed by atoms with E-state index in [0.717, 1.165) is 0 Å². The summed E-state index contributed by atoms with van der Waals surface area (Å²) in [5.74, 6) is -0.184. The number of phenols is 1. The zero-order valence-electron chi connectivity index (χ0n) is 7.31. The fourth-order valence-corrected chi connectivity index (χ4v) is 1.87. The van der Waals surface area contributed by atoms with Gasteiger partial charge in [-0.3, -0.25) is 0 Å². The molecule has 2 rings (SSSR count). The SMILES string of the molecule is CC1C(O)c2cccc(O)c2C1O. The normalized spacial score (nSPS) is 31.8. The summed E-state index contributed by atoms with van der Waals surface area (Å²) in [6.07, 6.45) is -1.43. The first-order chi connectivity index (χ1) is 6.13. The molecule has 0 aromatic heterocycles. The van der Waals surface area contributed by atoms with Crippen LogP contribution in [0.2, 0.25) is 0 Å². The Hall–Kier alpha value is -1.06. The first-order valence-electron chi connectivity index (χ1n) is 4.31. The number of benzene rings is 1. The van der Waals surface area contributed by atoms with E-state index in [0.29, 0.717) is 11.1 Å². The molecule has 1 aliphatic carbocycles. The first kappa shape index (κ1) is 8.53. The zero-order valence-corrected chi connectivity index (χ0v) is 7.31. The number of rotatable bonds is 0. The molecule has 3 atom stereocenters. The molecule has 0 radical (unpaired) electrons. The molecule has 0 spiro atoms. The Morgan fingerprint density at radius 2 is 1.85 bits per heavy atom. The lowest BCUT2D eigenvalue weighted by Gasteiger charge is -2.11. The molecule has 13 heavy (non-hydrogen) atoms. The van der Waals surface area contributed by atoms with E-state index in [4.69, 9.17) is 0 Å². The summed E-state index contributed by atoms with van der Waals surface area (Å²) < 4.78 is 0. The number of aliphatic hydroxyl groups is 2. The van der Waals surface area contributed by atoms with Gasteiger partial charge in [0.05, 0.1) is 12.2 Å². The largest absolute Gasteiger partial charge is 0.508 e. The van der Waals surface area contributed by atoms with Gasteiger partial charge in [0.25, 0.3) is 0 Å². The predicted molar refractivity (Wildman–Crippen MR) is 47.2 cm³/mol. The van der Waals surface area contributed by atoms with E-state index in [1.54, 1.807) is 19.1 Å². The van der Waals surface area contributed by atoms with Gasteiger partial charge in [-0.25, -0.2) is 0 Å². The fraction of sp³-hybridized carbons (Fsp3) is 0.400. The topological polar surface area (TPSA) is 60.7 Å². The fourth-order valence-electron chi connectivity index (χ4n) is 1.87. The second kappa shape index (κ2) is 2.72. The van der Waals surface area contributed by atoms with Gasteiger partial charge in [-0.05, 0) is 11.6 Å². The molecule has 1 aliphatic rings. The molecule has 1 aromatic carbocycles. The van der Waals surface area contributed by atoms with Crippen molar-refractivity contribution < 1.29 is 15.3 Å². The van der Waals surface area contributed by atoms with Crippen LogP contribution in [0.3, 0.4) is 0 Å². The molecule has 0 fully saturated rings. The number of phenolic OH excluding ortho intramolecular Hbond substituents is 1. The summed E-state index contributed by atoms with van der Waals surface area (Å²) in [7, 11) is 0. The van der Waals surface area contributed by atoms with Crippen molar-refractivity contribution in [3.8, 4) is 5.75 Å². The average molecular weight is 180 g/mol. The third kappa shape index (κ3) is 1.04. The van der Waals surface area contributed by atoms with Crippen LogP contribution in [0.25, 0.3) is 0 Å². The third-order valence-electron chi connectivity index (χ3n) is 2.73. The lowest BCUT2D eigenvalue weighted by atomic mass is 10.0. The molecular formula is C10H12O3. The maximum atomic E-state index is 9.68. The second-order valence-electron chi connectivity index (χ2n) is 3.53. The van der Waals surface area contributed by atoms with Gasteiger partial charge >= 0.3 is 0 Å². The van der Waals surface area contributed by atoms with Crippen molar-refractivity contribution in [2.24, 2.45) is 5.92 Å². The smallest absolute Gasteiger partial charge is 0.121 e. The Morgan fingerprint density at radius 3 is 2.46 bits per heavy atom. The highest BCUT2D eigenvalue weighted by molar-refractivity contribution is 5.45. The van der Waals surface area contributed by atoms with Gasteiger partial charge in [-0.2, -0.15) is 0 Å². The van der Waals surface area contributed by atoms with Gasteiger partial charge in [0.2, 0.25) is 0 Å². The number of aromatic hydroxyl groups is 1. The molecule has 3 N–H and O–H groups in total. The standard InChI is InChI=1S/C10H12O3/c1-5-9(12)6-3-2-4-7(11)8(6)10(5)13/h2-5,9-13H,1H3. The van der Waals surface area contributed by atoms with Gasteiger partial charge < -0.3 is 15.3 Å². The van der Waals surface area contributed by atoms with Crippen molar-refractivity contribution in [2.45, 2.75) is 19.1 Å². The van der Waals surface area contributed by atoms with Crippen molar-refractivity contribution in [1.29, 1.82) is 0 Å². The number of aliphatic hydroxyl groups excluding tert-OH is 2. The molecule has 0 amide bonds. The van der Waals surface area contributed by atoms with Crippen molar-refractivity contribution in [2.75, 3.05) is 0 Å². The van der Waals surface area contributed by atoms with E-state index in [1.165, 1.54) is 6.07 Å². The molecule has 0 aliphatic heterocycles. The lowest BCUT2D eigenvalue weighted by Crippen LogP contribution is -2.06. The Morgan fingerprint density at radius 1 is 1.15 bits per heavy atom. The summed E-state index contributed by atoms with van der Waals surface area (Å²) in [4.78, 5) is 0. The Labute approximate surface area is 76.3 Å². The van der Waals surface area contributed by atoms with Crippen LogP contribution in [0.4, 0.5) is 0 Å². The third-order valence-corrected chi connectivity index (χ3v) is 2.73. The van der Waals surface area contributed by atoms with Crippen LogP contribution in [0.15, 0.2) is 18.2 Å². The highest BCUT2D eigenvalue weighted by Gasteiger charge is 2.37. The minimum Gasteiger partial charge on any atom is -0.508 e. The lowest BCUT2D eigenvalue weighted by molar-refractivity contribution is 0.0447. The van der Waals surface area contributed by atoms with Gasteiger partial charge in [0.1, 0.15) is 5.75 Å². The van der Waals surface area contributed by atoms with Gasteiger partial charge in [-0.1, -0.05) is 19.1 Å². The maximum Gasteiger partial charge on any atom is 0.121 e. The van der Waals surface area contributed by atoms with Crippen LogP contribution < -0.4 is 0 Å². The average Bonchev–Trinajstić information content (AvgIpc) is 2.33. The molecule has 0 bridgehead atoms. The number of hydrogen-bond donors (Lipinski definition) is 3. The van der Waals surface area contributed by atoms with E-state index in [-0.39, 0.29) is 11.7 Å². The van der Waals surface area contributed by atoms with Gasteiger partial charge in [0.15, 0.2) is 0 Å². The van der Waals surface area contributed by atoms with Crippen LogP contribution in [0, 0.1) is 5.92 Å².